The van der Waals surface area contributed by atoms with Gasteiger partial charge in [0.2, 0.25) is 0 Å². The van der Waals surface area contributed by atoms with Crippen molar-refractivity contribution >= 4 is 29.6 Å². The van der Waals surface area contributed by atoms with Gasteiger partial charge in [0, 0.05) is 23.0 Å². The standard InChI is InChI=1S/C18H19ClN4O2/c1-12(2)16(22-17(24)14-4-3-5-15(19)10-14)18(25)23-21-11-13-6-8-20-9-7-13/h3-12,16H,1-2H3,(H,22,24)(H,23,25). The van der Waals surface area contributed by atoms with Gasteiger partial charge >= 0.3 is 0 Å². The summed E-state index contributed by atoms with van der Waals surface area (Å²) in [6.07, 6.45) is 4.77. The number of pyridine rings is 1. The molecule has 0 aliphatic carbocycles. The summed E-state index contributed by atoms with van der Waals surface area (Å²) in [6, 6.07) is 9.35. The van der Waals surface area contributed by atoms with Gasteiger partial charge in [-0.1, -0.05) is 31.5 Å². The fourth-order valence-corrected chi connectivity index (χ4v) is 2.27. The fraction of sp³-hybridized carbons (Fsp3) is 0.222. The molecule has 2 N–H and O–H groups in total. The zero-order valence-corrected chi connectivity index (χ0v) is 14.7. The number of halogens is 1. The molecule has 1 aromatic heterocycles. The highest BCUT2D eigenvalue weighted by Crippen LogP contribution is 2.11. The summed E-state index contributed by atoms with van der Waals surface area (Å²) in [5.41, 5.74) is 3.65. The Kier molecular flexibility index (Phi) is 6.65. The number of nitrogens with one attached hydrogen (secondary N) is 2. The lowest BCUT2D eigenvalue weighted by atomic mass is 10.0. The highest BCUT2D eigenvalue weighted by molar-refractivity contribution is 6.31. The minimum Gasteiger partial charge on any atom is -0.340 e. The van der Waals surface area contributed by atoms with E-state index in [1.165, 1.54) is 6.21 Å². The third-order valence-electron chi connectivity index (χ3n) is 3.42. The maximum Gasteiger partial charge on any atom is 0.262 e. The molecular formula is C18H19ClN4O2. The average molecular weight is 359 g/mol. The largest absolute Gasteiger partial charge is 0.340 e. The number of carbonyl (C=O) groups excluding carboxylic acids is 2. The van der Waals surface area contributed by atoms with Crippen LogP contribution in [0.4, 0.5) is 0 Å². The highest BCUT2D eigenvalue weighted by atomic mass is 35.5. The maximum absolute atomic E-state index is 12.3. The number of hydrogen-bond acceptors (Lipinski definition) is 4. The third-order valence-corrected chi connectivity index (χ3v) is 3.65. The third kappa shape index (κ3) is 5.69. The second kappa shape index (κ2) is 8.94. The van der Waals surface area contributed by atoms with Crippen LogP contribution in [0.15, 0.2) is 53.9 Å². The van der Waals surface area contributed by atoms with Gasteiger partial charge < -0.3 is 5.32 Å². The molecule has 1 heterocycles. The highest BCUT2D eigenvalue weighted by Gasteiger charge is 2.24. The molecule has 25 heavy (non-hydrogen) atoms. The van der Waals surface area contributed by atoms with Crippen molar-refractivity contribution in [3.63, 3.8) is 0 Å². The van der Waals surface area contributed by atoms with E-state index in [0.717, 1.165) is 5.56 Å². The van der Waals surface area contributed by atoms with E-state index in [4.69, 9.17) is 11.6 Å². The number of hydrogen-bond donors (Lipinski definition) is 2. The molecule has 0 aliphatic heterocycles. The van der Waals surface area contributed by atoms with Crippen molar-refractivity contribution in [2.24, 2.45) is 11.0 Å². The molecule has 0 spiro atoms. The van der Waals surface area contributed by atoms with E-state index >= 15 is 0 Å². The quantitative estimate of drug-likeness (QED) is 0.615. The number of aromatic nitrogens is 1. The summed E-state index contributed by atoms with van der Waals surface area (Å²) < 4.78 is 0. The van der Waals surface area contributed by atoms with Crippen LogP contribution >= 0.6 is 11.6 Å². The average Bonchev–Trinajstić information content (AvgIpc) is 2.60. The minimum absolute atomic E-state index is 0.112. The summed E-state index contributed by atoms with van der Waals surface area (Å²) in [7, 11) is 0. The molecule has 2 rings (SSSR count). The van der Waals surface area contributed by atoms with Crippen LogP contribution in [0, 0.1) is 5.92 Å². The molecule has 1 aromatic carbocycles. The molecule has 0 saturated carbocycles. The summed E-state index contributed by atoms with van der Waals surface area (Å²) in [4.78, 5) is 28.5. The minimum atomic E-state index is -0.721. The van der Waals surface area contributed by atoms with Crippen LogP contribution in [0.5, 0.6) is 0 Å². The van der Waals surface area contributed by atoms with Crippen LogP contribution in [-0.2, 0) is 4.79 Å². The zero-order valence-electron chi connectivity index (χ0n) is 13.9. The number of amides is 2. The van der Waals surface area contributed by atoms with Crippen LogP contribution < -0.4 is 10.7 Å². The molecule has 0 radical (unpaired) electrons. The molecule has 0 bridgehead atoms. The first-order valence-corrected chi connectivity index (χ1v) is 8.14. The molecule has 130 valence electrons. The number of nitrogens with zero attached hydrogens (tertiary/aromatic N) is 2. The Morgan fingerprint density at radius 1 is 1.20 bits per heavy atom. The van der Waals surface area contributed by atoms with Gasteiger partial charge in [-0.2, -0.15) is 5.10 Å². The van der Waals surface area contributed by atoms with Crippen LogP contribution in [0.25, 0.3) is 0 Å². The van der Waals surface area contributed by atoms with Crippen molar-refractivity contribution in [3.8, 4) is 0 Å². The number of benzene rings is 1. The van der Waals surface area contributed by atoms with Crippen LogP contribution in [-0.4, -0.2) is 29.1 Å². The van der Waals surface area contributed by atoms with Gasteiger partial charge in [-0.05, 0) is 41.8 Å². The van der Waals surface area contributed by atoms with Crippen molar-refractivity contribution in [1.29, 1.82) is 0 Å². The smallest absolute Gasteiger partial charge is 0.262 e. The van der Waals surface area contributed by atoms with Gasteiger partial charge in [-0.25, -0.2) is 5.43 Å². The van der Waals surface area contributed by atoms with Gasteiger partial charge in [-0.3, -0.25) is 14.6 Å². The maximum atomic E-state index is 12.3. The molecule has 1 atom stereocenters. The number of hydrazone groups is 1. The van der Waals surface area contributed by atoms with Crippen molar-refractivity contribution in [3.05, 3.63) is 64.9 Å². The van der Waals surface area contributed by atoms with Gasteiger partial charge in [0.05, 0.1) is 6.21 Å². The monoisotopic (exact) mass is 358 g/mol. The van der Waals surface area contributed by atoms with E-state index in [-0.39, 0.29) is 11.8 Å². The Bertz CT molecular complexity index is 763. The Hall–Kier alpha value is -2.73. The number of carbonyl (C=O) groups is 2. The van der Waals surface area contributed by atoms with Gasteiger partial charge in [0.15, 0.2) is 0 Å². The molecule has 2 aromatic rings. The van der Waals surface area contributed by atoms with E-state index in [9.17, 15) is 9.59 Å². The Morgan fingerprint density at radius 3 is 2.56 bits per heavy atom. The Labute approximate surface area is 151 Å². The van der Waals surface area contributed by atoms with E-state index in [1.807, 2.05) is 13.8 Å². The Morgan fingerprint density at radius 2 is 1.92 bits per heavy atom. The molecular weight excluding hydrogens is 340 g/mol. The first kappa shape index (κ1) is 18.6. The first-order chi connectivity index (χ1) is 12.0. The van der Waals surface area contributed by atoms with Crippen molar-refractivity contribution in [2.75, 3.05) is 0 Å². The predicted molar refractivity (Wildman–Crippen MR) is 97.5 cm³/mol. The number of rotatable bonds is 6. The second-order valence-corrected chi connectivity index (χ2v) is 6.16. The molecule has 6 nitrogen and oxygen atoms in total. The van der Waals surface area contributed by atoms with E-state index in [0.29, 0.717) is 10.6 Å². The SMILES string of the molecule is CC(C)C(NC(=O)c1cccc(Cl)c1)C(=O)NN=Cc1ccncc1. The van der Waals surface area contributed by atoms with Crippen LogP contribution in [0.1, 0.15) is 29.8 Å². The normalized spacial score (nSPS) is 12.2. The van der Waals surface area contributed by atoms with E-state index < -0.39 is 11.9 Å². The summed E-state index contributed by atoms with van der Waals surface area (Å²) in [5.74, 6) is -0.871. The fourth-order valence-electron chi connectivity index (χ4n) is 2.08. The topological polar surface area (TPSA) is 83.5 Å². The molecule has 7 heteroatoms. The zero-order chi connectivity index (χ0) is 18.2. The molecule has 2 amide bonds. The lowest BCUT2D eigenvalue weighted by Crippen LogP contribution is -2.48. The van der Waals surface area contributed by atoms with Gasteiger partial charge in [-0.15, -0.1) is 0 Å². The van der Waals surface area contributed by atoms with Crippen molar-refractivity contribution < 1.29 is 9.59 Å². The first-order valence-electron chi connectivity index (χ1n) is 7.76. The van der Waals surface area contributed by atoms with Gasteiger partial charge in [0.1, 0.15) is 6.04 Å². The van der Waals surface area contributed by atoms with Gasteiger partial charge in [0.25, 0.3) is 11.8 Å². The molecule has 0 aliphatic rings. The summed E-state index contributed by atoms with van der Waals surface area (Å²) in [5, 5.41) is 7.09. The second-order valence-electron chi connectivity index (χ2n) is 5.72. The lowest BCUT2D eigenvalue weighted by molar-refractivity contribution is -0.123. The van der Waals surface area contributed by atoms with Crippen molar-refractivity contribution in [1.82, 2.24) is 15.7 Å². The van der Waals surface area contributed by atoms with Crippen LogP contribution in [0.3, 0.4) is 0 Å². The Balaban J connectivity index is 2.00. The van der Waals surface area contributed by atoms with Crippen LogP contribution in [0.2, 0.25) is 5.02 Å². The predicted octanol–water partition coefficient (Wildman–Crippen LogP) is 2.64. The van der Waals surface area contributed by atoms with Crippen molar-refractivity contribution in [2.45, 2.75) is 19.9 Å². The molecule has 0 fully saturated rings. The summed E-state index contributed by atoms with van der Waals surface area (Å²) in [6.45, 7) is 3.68. The van der Waals surface area contributed by atoms with E-state index in [2.05, 4.69) is 20.8 Å². The molecule has 1 unspecified atom stereocenters. The molecule has 0 saturated heterocycles. The van der Waals surface area contributed by atoms with E-state index in [1.54, 1.807) is 48.8 Å². The lowest BCUT2D eigenvalue weighted by Gasteiger charge is -2.20. The summed E-state index contributed by atoms with van der Waals surface area (Å²) >= 11 is 5.89.